The number of nitrogens with zero attached hydrogens (tertiary/aromatic N) is 2. The van der Waals surface area contributed by atoms with Gasteiger partial charge in [0, 0.05) is 35.1 Å². The van der Waals surface area contributed by atoms with E-state index < -0.39 is 28.5 Å². The number of sulfonamides is 1. The minimum absolute atomic E-state index is 0.114. The normalized spacial score (nSPS) is 11.8. The van der Waals surface area contributed by atoms with E-state index in [2.05, 4.69) is 5.32 Å². The first-order valence-corrected chi connectivity index (χ1v) is 17.5. The maximum absolute atomic E-state index is 14.3. The molecule has 0 fully saturated rings. The molecule has 4 rings (SSSR count). The molecule has 1 unspecified atom stereocenters. The van der Waals surface area contributed by atoms with E-state index in [9.17, 15) is 18.0 Å². The number of amides is 2. The molecule has 0 radical (unpaired) electrons. The minimum Gasteiger partial charge on any atom is -0.457 e. The van der Waals surface area contributed by atoms with Crippen molar-refractivity contribution in [3.8, 4) is 11.5 Å². The summed E-state index contributed by atoms with van der Waals surface area (Å²) in [6.07, 6.45) is 2.86. The monoisotopic (exact) mass is 681 g/mol. The van der Waals surface area contributed by atoms with Gasteiger partial charge in [-0.1, -0.05) is 91.1 Å². The first kappa shape index (κ1) is 34.8. The molecule has 0 saturated heterocycles. The summed E-state index contributed by atoms with van der Waals surface area (Å²) in [5, 5.41) is 3.60. The van der Waals surface area contributed by atoms with Crippen LogP contribution in [0, 0.1) is 0 Å². The highest BCUT2D eigenvalue weighted by molar-refractivity contribution is 7.92. The molecule has 4 aromatic carbocycles. The predicted octanol–water partition coefficient (Wildman–Crippen LogP) is 7.11. The molecule has 0 aromatic heterocycles. The van der Waals surface area contributed by atoms with Crippen molar-refractivity contribution >= 4 is 50.7 Å². The molecular weight excluding hydrogens is 645 g/mol. The topological polar surface area (TPSA) is 96.0 Å². The van der Waals surface area contributed by atoms with Gasteiger partial charge in [0.05, 0.1) is 11.9 Å². The van der Waals surface area contributed by atoms with E-state index in [0.717, 1.165) is 29.0 Å². The van der Waals surface area contributed by atoms with Crippen LogP contribution in [0.3, 0.4) is 0 Å². The second kappa shape index (κ2) is 16.5. The Balaban J connectivity index is 1.70. The van der Waals surface area contributed by atoms with E-state index in [-0.39, 0.29) is 24.6 Å². The zero-order valence-corrected chi connectivity index (χ0v) is 28.1. The molecule has 1 atom stereocenters. The molecule has 46 heavy (non-hydrogen) atoms. The number of benzene rings is 4. The molecule has 8 nitrogen and oxygen atoms in total. The molecule has 0 saturated carbocycles. The zero-order chi connectivity index (χ0) is 33.1. The number of nitrogens with one attached hydrogen (secondary N) is 1. The van der Waals surface area contributed by atoms with Crippen LogP contribution in [-0.2, 0) is 32.6 Å². The van der Waals surface area contributed by atoms with Crippen molar-refractivity contribution < 1.29 is 22.7 Å². The SMILES string of the molecule is CCCCNC(=O)C(Cc1ccccc1)N(Cc1c(Cl)cccc1Cl)C(=O)CN(c1ccc(Oc2ccccc2)cc1)S(C)(=O)=O. The number of carbonyl (C=O) groups excluding carboxylic acids is 2. The molecule has 0 aliphatic rings. The third-order valence-electron chi connectivity index (χ3n) is 7.27. The first-order valence-electron chi connectivity index (χ1n) is 14.9. The number of anilines is 1. The summed E-state index contributed by atoms with van der Waals surface area (Å²) in [5.74, 6) is 0.164. The molecular formula is C35H37Cl2N3O5S. The molecule has 0 heterocycles. The Morgan fingerprint density at radius 2 is 1.41 bits per heavy atom. The van der Waals surface area contributed by atoms with Crippen LogP contribution in [0.2, 0.25) is 10.0 Å². The quantitative estimate of drug-likeness (QED) is 0.135. The number of hydrogen-bond acceptors (Lipinski definition) is 5. The van der Waals surface area contributed by atoms with Gasteiger partial charge in [0.1, 0.15) is 24.1 Å². The number of unbranched alkanes of at least 4 members (excludes halogenated alkanes) is 1. The average Bonchev–Trinajstić information content (AvgIpc) is 3.03. The van der Waals surface area contributed by atoms with Gasteiger partial charge in [0.25, 0.3) is 0 Å². The summed E-state index contributed by atoms with van der Waals surface area (Å²) < 4.78 is 33.1. The van der Waals surface area contributed by atoms with Gasteiger partial charge in [-0.3, -0.25) is 13.9 Å². The van der Waals surface area contributed by atoms with Crippen molar-refractivity contribution in [1.82, 2.24) is 10.2 Å². The van der Waals surface area contributed by atoms with Crippen molar-refractivity contribution in [3.63, 3.8) is 0 Å². The molecule has 11 heteroatoms. The number of rotatable bonds is 15. The van der Waals surface area contributed by atoms with Gasteiger partial charge in [-0.15, -0.1) is 0 Å². The lowest BCUT2D eigenvalue weighted by Crippen LogP contribution is -2.53. The lowest BCUT2D eigenvalue weighted by molar-refractivity contribution is -0.140. The number of para-hydroxylation sites is 1. The van der Waals surface area contributed by atoms with Gasteiger partial charge < -0.3 is 15.0 Å². The second-order valence-corrected chi connectivity index (χ2v) is 13.5. The van der Waals surface area contributed by atoms with Gasteiger partial charge in [-0.25, -0.2) is 8.42 Å². The highest BCUT2D eigenvalue weighted by atomic mass is 35.5. The van der Waals surface area contributed by atoms with E-state index >= 15 is 0 Å². The Morgan fingerprint density at radius 3 is 2.00 bits per heavy atom. The Hall–Kier alpha value is -4.05. The molecule has 0 bridgehead atoms. The highest BCUT2D eigenvalue weighted by Gasteiger charge is 2.33. The fourth-order valence-corrected chi connectivity index (χ4v) is 6.20. The van der Waals surface area contributed by atoms with Crippen LogP contribution in [0.1, 0.15) is 30.9 Å². The summed E-state index contributed by atoms with van der Waals surface area (Å²) in [7, 11) is -3.94. The van der Waals surface area contributed by atoms with E-state index in [0.29, 0.717) is 33.7 Å². The van der Waals surface area contributed by atoms with Crippen LogP contribution >= 0.6 is 23.2 Å². The number of ether oxygens (including phenoxy) is 1. The van der Waals surface area contributed by atoms with Crippen LogP contribution in [0.4, 0.5) is 5.69 Å². The Morgan fingerprint density at radius 1 is 0.826 bits per heavy atom. The Labute approximate surface area is 280 Å². The predicted molar refractivity (Wildman–Crippen MR) is 184 cm³/mol. The lowest BCUT2D eigenvalue weighted by atomic mass is 10.0. The van der Waals surface area contributed by atoms with Crippen LogP contribution in [0.15, 0.2) is 103 Å². The van der Waals surface area contributed by atoms with Gasteiger partial charge in [0.15, 0.2) is 0 Å². The van der Waals surface area contributed by atoms with Gasteiger partial charge in [-0.2, -0.15) is 0 Å². The van der Waals surface area contributed by atoms with Crippen molar-refractivity contribution in [2.45, 2.75) is 38.8 Å². The van der Waals surface area contributed by atoms with Crippen molar-refractivity contribution in [2.75, 3.05) is 23.7 Å². The summed E-state index contributed by atoms with van der Waals surface area (Å²) in [6.45, 7) is 1.77. The second-order valence-electron chi connectivity index (χ2n) is 10.8. The lowest BCUT2D eigenvalue weighted by Gasteiger charge is -2.34. The fourth-order valence-electron chi connectivity index (χ4n) is 4.83. The smallest absolute Gasteiger partial charge is 0.244 e. The van der Waals surface area contributed by atoms with Gasteiger partial charge in [0.2, 0.25) is 21.8 Å². The standard InChI is InChI=1S/C35H37Cl2N3O5S/c1-3-4-22-38-35(42)33(23-26-12-7-5-8-13-26)39(24-30-31(36)16-11-17-32(30)37)34(41)25-40(46(2,43)44)27-18-20-29(21-19-27)45-28-14-9-6-10-15-28/h5-21,33H,3-4,22-25H2,1-2H3,(H,38,42). The van der Waals surface area contributed by atoms with Gasteiger partial charge in [-0.05, 0) is 60.5 Å². The molecule has 0 aliphatic heterocycles. The van der Waals surface area contributed by atoms with Crippen LogP contribution < -0.4 is 14.4 Å². The van der Waals surface area contributed by atoms with E-state index in [1.165, 1.54) is 4.90 Å². The van der Waals surface area contributed by atoms with Crippen molar-refractivity contribution in [1.29, 1.82) is 0 Å². The van der Waals surface area contributed by atoms with E-state index in [1.54, 1.807) is 54.6 Å². The largest absolute Gasteiger partial charge is 0.457 e. The van der Waals surface area contributed by atoms with Gasteiger partial charge >= 0.3 is 0 Å². The molecule has 2 amide bonds. The average molecular weight is 683 g/mol. The Bertz CT molecular complexity index is 1690. The molecule has 0 spiro atoms. The number of halogens is 2. The zero-order valence-electron chi connectivity index (χ0n) is 25.7. The Kier molecular flexibility index (Phi) is 12.5. The van der Waals surface area contributed by atoms with Crippen molar-refractivity contribution in [3.05, 3.63) is 124 Å². The first-order chi connectivity index (χ1) is 22.1. The summed E-state index contributed by atoms with van der Waals surface area (Å²) in [4.78, 5) is 29.4. The third-order valence-corrected chi connectivity index (χ3v) is 9.12. The minimum atomic E-state index is -3.94. The molecule has 0 aliphatic carbocycles. The summed E-state index contributed by atoms with van der Waals surface area (Å²) in [6, 6.07) is 28.9. The maximum Gasteiger partial charge on any atom is 0.244 e. The summed E-state index contributed by atoms with van der Waals surface area (Å²) in [5.41, 5.74) is 1.54. The van der Waals surface area contributed by atoms with Crippen LogP contribution in [0.25, 0.3) is 0 Å². The van der Waals surface area contributed by atoms with Crippen molar-refractivity contribution in [2.24, 2.45) is 0 Å². The number of carbonyl (C=O) groups is 2. The van der Waals surface area contributed by atoms with Crippen LogP contribution in [0.5, 0.6) is 11.5 Å². The van der Waals surface area contributed by atoms with E-state index in [1.807, 2.05) is 55.5 Å². The molecule has 242 valence electrons. The third kappa shape index (κ3) is 9.72. The highest BCUT2D eigenvalue weighted by Crippen LogP contribution is 2.29. The summed E-state index contributed by atoms with van der Waals surface area (Å²) >= 11 is 13.1. The maximum atomic E-state index is 14.3. The molecule has 1 N–H and O–H groups in total. The fraction of sp³-hybridized carbons (Fsp3) is 0.257. The van der Waals surface area contributed by atoms with Crippen LogP contribution in [-0.4, -0.2) is 50.5 Å². The number of hydrogen-bond donors (Lipinski definition) is 1. The molecule has 4 aromatic rings. The van der Waals surface area contributed by atoms with E-state index in [4.69, 9.17) is 27.9 Å².